The first kappa shape index (κ1) is 20.5. The predicted octanol–water partition coefficient (Wildman–Crippen LogP) is 1.25. The summed E-state index contributed by atoms with van der Waals surface area (Å²) in [6.45, 7) is 2.58. The highest BCUT2D eigenvalue weighted by Gasteiger charge is 2.28. The van der Waals surface area contributed by atoms with Crippen LogP contribution in [0.2, 0.25) is 0 Å². The van der Waals surface area contributed by atoms with E-state index in [-0.39, 0.29) is 30.1 Å². The Bertz CT molecular complexity index is 867. The van der Waals surface area contributed by atoms with E-state index in [9.17, 15) is 14.4 Å². The van der Waals surface area contributed by atoms with E-state index in [2.05, 4.69) is 10.3 Å². The lowest BCUT2D eigenvalue weighted by molar-refractivity contribution is -0.145. The number of rotatable bonds is 6. The highest BCUT2D eigenvalue weighted by Crippen LogP contribution is 2.18. The van der Waals surface area contributed by atoms with E-state index in [4.69, 9.17) is 5.11 Å². The van der Waals surface area contributed by atoms with Crippen molar-refractivity contribution in [2.45, 2.75) is 38.8 Å². The first-order chi connectivity index (χ1) is 13.9. The Balaban J connectivity index is 1.62. The Labute approximate surface area is 168 Å². The molecule has 9 nitrogen and oxygen atoms in total. The molecule has 1 fully saturated rings. The number of carbonyl (C=O) groups excluding carboxylic acids is 2. The van der Waals surface area contributed by atoms with Crippen molar-refractivity contribution in [3.8, 4) is 0 Å². The van der Waals surface area contributed by atoms with E-state index >= 15 is 0 Å². The minimum atomic E-state index is -1.03. The summed E-state index contributed by atoms with van der Waals surface area (Å²) in [5, 5.41) is 17.1. The molecule has 3 rings (SSSR count). The number of hydrogen-bond acceptors (Lipinski definition) is 5. The summed E-state index contributed by atoms with van der Waals surface area (Å²) in [6, 6.07) is 9.61. The zero-order chi connectivity index (χ0) is 20.8. The van der Waals surface area contributed by atoms with Crippen LogP contribution in [0.5, 0.6) is 0 Å². The summed E-state index contributed by atoms with van der Waals surface area (Å²) in [5.41, 5.74) is 1.35. The fraction of sp³-hybridized carbons (Fsp3) is 0.450. The molecule has 9 heteroatoms. The van der Waals surface area contributed by atoms with E-state index in [0.717, 1.165) is 5.56 Å². The first-order valence-electron chi connectivity index (χ1n) is 9.66. The van der Waals surface area contributed by atoms with E-state index < -0.39 is 5.97 Å². The molecule has 0 radical (unpaired) electrons. The zero-order valence-electron chi connectivity index (χ0n) is 16.4. The van der Waals surface area contributed by atoms with Crippen LogP contribution >= 0.6 is 0 Å². The molecule has 1 unspecified atom stereocenters. The fourth-order valence-electron chi connectivity index (χ4n) is 3.64. The summed E-state index contributed by atoms with van der Waals surface area (Å²) in [5.74, 6) is -1.49. The molecule has 1 aromatic heterocycles. The van der Waals surface area contributed by atoms with Gasteiger partial charge in [0, 0.05) is 26.1 Å². The van der Waals surface area contributed by atoms with Crippen LogP contribution in [0.4, 0.5) is 0 Å². The van der Waals surface area contributed by atoms with Gasteiger partial charge in [-0.1, -0.05) is 35.5 Å². The third kappa shape index (κ3) is 5.40. The number of carboxylic acids is 1. The average molecular weight is 399 g/mol. The van der Waals surface area contributed by atoms with Crippen LogP contribution in [0, 0.1) is 0 Å². The molecular formula is C20H25N5O4. The third-order valence-electron chi connectivity index (χ3n) is 5.08. The van der Waals surface area contributed by atoms with E-state index in [1.54, 1.807) is 15.8 Å². The number of carbonyl (C=O) groups is 3. The van der Waals surface area contributed by atoms with Gasteiger partial charge in [-0.05, 0) is 24.8 Å². The molecule has 1 atom stereocenters. The van der Waals surface area contributed by atoms with Gasteiger partial charge in [0.05, 0.1) is 12.7 Å². The number of benzene rings is 1. The van der Waals surface area contributed by atoms with Gasteiger partial charge in [0.2, 0.25) is 5.91 Å². The third-order valence-corrected chi connectivity index (χ3v) is 5.08. The molecule has 0 spiro atoms. The van der Waals surface area contributed by atoms with Crippen LogP contribution in [0.15, 0.2) is 36.5 Å². The lowest BCUT2D eigenvalue weighted by atomic mass is 10.1. The number of carboxylic acid groups (broad SMARTS) is 1. The van der Waals surface area contributed by atoms with Gasteiger partial charge in [-0.15, -0.1) is 5.10 Å². The van der Waals surface area contributed by atoms with Crippen LogP contribution in [0.25, 0.3) is 0 Å². The Kier molecular flexibility index (Phi) is 6.58. The molecule has 2 heterocycles. The van der Waals surface area contributed by atoms with E-state index in [1.165, 1.54) is 11.8 Å². The number of nitrogens with zero attached hydrogens (tertiary/aromatic N) is 5. The molecule has 154 valence electrons. The van der Waals surface area contributed by atoms with Crippen molar-refractivity contribution in [1.29, 1.82) is 0 Å². The number of aromatic nitrogens is 3. The average Bonchev–Trinajstić information content (AvgIpc) is 3.02. The van der Waals surface area contributed by atoms with Crippen LogP contribution in [0.1, 0.15) is 42.2 Å². The molecule has 0 aliphatic carbocycles. The molecule has 1 aromatic carbocycles. The maximum absolute atomic E-state index is 12.8. The van der Waals surface area contributed by atoms with Gasteiger partial charge in [0.1, 0.15) is 6.54 Å². The summed E-state index contributed by atoms with van der Waals surface area (Å²) < 4.78 is 1.63. The van der Waals surface area contributed by atoms with E-state index in [1.807, 2.05) is 30.3 Å². The molecule has 2 aromatic rings. The molecule has 1 saturated heterocycles. The Hall–Kier alpha value is -3.23. The standard InChI is InChI=1S/C20H25N5O4/c1-15(26)25(14-19(27)28)17-8-5-10-23(11-9-17)20(29)18-13-24(22-21-18)12-16-6-3-2-4-7-16/h2-4,6-7,13,17H,5,8-12,14H2,1H3,(H,27,28). The summed E-state index contributed by atoms with van der Waals surface area (Å²) in [4.78, 5) is 38.8. The Morgan fingerprint density at radius 2 is 1.93 bits per heavy atom. The summed E-state index contributed by atoms with van der Waals surface area (Å²) in [7, 11) is 0. The molecule has 29 heavy (non-hydrogen) atoms. The van der Waals surface area contributed by atoms with Crippen molar-refractivity contribution in [2.24, 2.45) is 0 Å². The van der Waals surface area contributed by atoms with Gasteiger partial charge < -0.3 is 14.9 Å². The minimum absolute atomic E-state index is 0.185. The maximum Gasteiger partial charge on any atom is 0.323 e. The highest BCUT2D eigenvalue weighted by atomic mass is 16.4. The van der Waals surface area contributed by atoms with Gasteiger partial charge in [-0.25, -0.2) is 4.68 Å². The van der Waals surface area contributed by atoms with Crippen LogP contribution in [-0.2, 0) is 16.1 Å². The fourth-order valence-corrected chi connectivity index (χ4v) is 3.64. The predicted molar refractivity (Wildman–Crippen MR) is 104 cm³/mol. The lowest BCUT2D eigenvalue weighted by Crippen LogP contribution is -2.43. The van der Waals surface area contributed by atoms with Crippen molar-refractivity contribution in [1.82, 2.24) is 24.8 Å². The Morgan fingerprint density at radius 3 is 2.62 bits per heavy atom. The number of aliphatic carboxylic acids is 1. The molecule has 1 N–H and O–H groups in total. The van der Waals surface area contributed by atoms with Gasteiger partial charge in [-0.2, -0.15) is 0 Å². The molecule has 2 amide bonds. The quantitative estimate of drug-likeness (QED) is 0.783. The van der Waals surface area contributed by atoms with E-state index in [0.29, 0.717) is 38.9 Å². The molecule has 0 saturated carbocycles. The maximum atomic E-state index is 12.8. The van der Waals surface area contributed by atoms with Crippen LogP contribution in [-0.4, -0.2) is 73.4 Å². The van der Waals surface area contributed by atoms with Crippen LogP contribution in [0.3, 0.4) is 0 Å². The minimum Gasteiger partial charge on any atom is -0.480 e. The van der Waals surface area contributed by atoms with Crippen molar-refractivity contribution in [3.05, 3.63) is 47.8 Å². The molecule has 1 aliphatic rings. The highest BCUT2D eigenvalue weighted by molar-refractivity contribution is 5.92. The second kappa shape index (κ2) is 9.31. The second-order valence-corrected chi connectivity index (χ2v) is 7.20. The SMILES string of the molecule is CC(=O)N(CC(=O)O)C1CCCN(C(=O)c2cn(Cc3ccccc3)nn2)CC1. The topological polar surface area (TPSA) is 109 Å². The zero-order valence-corrected chi connectivity index (χ0v) is 16.4. The van der Waals surface area contributed by atoms with Crippen molar-refractivity contribution >= 4 is 17.8 Å². The largest absolute Gasteiger partial charge is 0.480 e. The second-order valence-electron chi connectivity index (χ2n) is 7.20. The molecule has 0 bridgehead atoms. The monoisotopic (exact) mass is 399 g/mol. The van der Waals surface area contributed by atoms with Crippen LogP contribution < -0.4 is 0 Å². The lowest BCUT2D eigenvalue weighted by Gasteiger charge is -2.28. The molecule has 1 aliphatic heterocycles. The normalized spacial score (nSPS) is 16.9. The molecular weight excluding hydrogens is 374 g/mol. The van der Waals surface area contributed by atoms with Gasteiger partial charge >= 0.3 is 5.97 Å². The van der Waals surface area contributed by atoms with Gasteiger partial charge in [-0.3, -0.25) is 14.4 Å². The van der Waals surface area contributed by atoms with Crippen molar-refractivity contribution in [2.75, 3.05) is 19.6 Å². The summed E-state index contributed by atoms with van der Waals surface area (Å²) in [6.07, 6.45) is 3.54. The first-order valence-corrected chi connectivity index (χ1v) is 9.66. The van der Waals surface area contributed by atoms with Gasteiger partial charge in [0.15, 0.2) is 5.69 Å². The van der Waals surface area contributed by atoms with Crippen molar-refractivity contribution in [3.63, 3.8) is 0 Å². The number of amides is 2. The summed E-state index contributed by atoms with van der Waals surface area (Å²) >= 11 is 0. The van der Waals surface area contributed by atoms with Gasteiger partial charge in [0.25, 0.3) is 5.91 Å². The number of hydrogen-bond donors (Lipinski definition) is 1. The smallest absolute Gasteiger partial charge is 0.323 e. The Morgan fingerprint density at radius 1 is 1.17 bits per heavy atom. The van der Waals surface area contributed by atoms with Crippen molar-refractivity contribution < 1.29 is 19.5 Å². The number of likely N-dealkylation sites (tertiary alicyclic amines) is 1.